The fraction of sp³-hybridized carbons (Fsp3) is 1.00. The molecule has 0 spiro atoms. The summed E-state index contributed by atoms with van der Waals surface area (Å²) in [4.78, 5) is 0. The second-order valence-corrected chi connectivity index (χ2v) is 1.86. The Morgan fingerprint density at radius 1 is 1.38 bits per heavy atom. The van der Waals surface area contributed by atoms with E-state index in [-0.39, 0.29) is 6.73 Å². The van der Waals surface area contributed by atoms with Crippen molar-refractivity contribution in [2.75, 3.05) is 6.73 Å². The number of nitrogens with one attached hydrogen (secondary N) is 1. The Balaban J connectivity index is 3.07. The van der Waals surface area contributed by atoms with E-state index in [4.69, 9.17) is 0 Å². The molecule has 0 aromatic carbocycles. The third-order valence-electron chi connectivity index (χ3n) is 1.36. The van der Waals surface area contributed by atoms with Gasteiger partial charge in [-0.25, -0.2) is 5.11 Å². The molecule has 0 aromatic heterocycles. The minimum Gasteiger partial charge on any atom is -0.289 e. The molecule has 0 unspecified atom stereocenters. The first-order valence-electron chi connectivity index (χ1n) is 3.16. The van der Waals surface area contributed by atoms with Crippen molar-refractivity contribution in [1.82, 2.24) is 5.32 Å². The Labute approximate surface area is 50.9 Å². The Morgan fingerprint density at radius 3 is 2.00 bits per heavy atom. The van der Waals surface area contributed by atoms with Crippen LogP contribution >= 0.6 is 0 Å². The standard InChI is InChI=1S/C6H14NO/c1-3-6(4-2)7-5-8/h6-7H,3-5H2,1-2H3. The van der Waals surface area contributed by atoms with Crippen molar-refractivity contribution in [2.45, 2.75) is 32.7 Å². The zero-order valence-electron chi connectivity index (χ0n) is 5.61. The smallest absolute Gasteiger partial charge is 0.133 e. The summed E-state index contributed by atoms with van der Waals surface area (Å²) in [5, 5.41) is 12.8. The number of rotatable bonds is 4. The topological polar surface area (TPSA) is 31.9 Å². The summed E-state index contributed by atoms with van der Waals surface area (Å²) in [5.74, 6) is 0. The van der Waals surface area contributed by atoms with Crippen LogP contribution in [0.25, 0.3) is 0 Å². The molecule has 0 amide bonds. The van der Waals surface area contributed by atoms with E-state index in [1.54, 1.807) is 0 Å². The largest absolute Gasteiger partial charge is 0.289 e. The lowest BCUT2D eigenvalue weighted by molar-refractivity contribution is 0.153. The van der Waals surface area contributed by atoms with Gasteiger partial charge in [-0.15, -0.1) is 0 Å². The summed E-state index contributed by atoms with van der Waals surface area (Å²) >= 11 is 0. The fourth-order valence-electron chi connectivity index (χ4n) is 0.695. The number of hydrogen-bond acceptors (Lipinski definition) is 1. The maximum absolute atomic E-state index is 9.95. The lowest BCUT2D eigenvalue weighted by Gasteiger charge is -2.09. The SMILES string of the molecule is CCC(CC)NC[O]. The number of hydrogen-bond donors (Lipinski definition) is 1. The van der Waals surface area contributed by atoms with Crippen molar-refractivity contribution in [3.05, 3.63) is 0 Å². The molecule has 0 atom stereocenters. The van der Waals surface area contributed by atoms with Crippen LogP contribution in [0.4, 0.5) is 0 Å². The van der Waals surface area contributed by atoms with Crippen LogP contribution in [0.2, 0.25) is 0 Å². The molecule has 0 bridgehead atoms. The van der Waals surface area contributed by atoms with Gasteiger partial charge in [-0.3, -0.25) is 5.32 Å². The lowest BCUT2D eigenvalue weighted by Crippen LogP contribution is -2.27. The average molecular weight is 116 g/mol. The minimum absolute atomic E-state index is 0.146. The van der Waals surface area contributed by atoms with Crippen LogP contribution < -0.4 is 5.32 Å². The van der Waals surface area contributed by atoms with E-state index >= 15 is 0 Å². The predicted molar refractivity (Wildman–Crippen MR) is 33.1 cm³/mol. The van der Waals surface area contributed by atoms with E-state index in [1.165, 1.54) is 0 Å². The lowest BCUT2D eigenvalue weighted by atomic mass is 10.2. The van der Waals surface area contributed by atoms with E-state index < -0.39 is 0 Å². The second-order valence-electron chi connectivity index (χ2n) is 1.86. The molecule has 0 aliphatic carbocycles. The van der Waals surface area contributed by atoms with Crippen molar-refractivity contribution < 1.29 is 5.11 Å². The first kappa shape index (κ1) is 7.92. The van der Waals surface area contributed by atoms with Gasteiger partial charge in [0.1, 0.15) is 6.73 Å². The molecule has 0 aliphatic heterocycles. The van der Waals surface area contributed by atoms with Crippen molar-refractivity contribution in [3.8, 4) is 0 Å². The summed E-state index contributed by atoms with van der Waals surface area (Å²) < 4.78 is 0. The fourth-order valence-corrected chi connectivity index (χ4v) is 0.695. The molecule has 2 heteroatoms. The van der Waals surface area contributed by atoms with E-state index in [2.05, 4.69) is 19.2 Å². The van der Waals surface area contributed by atoms with Gasteiger partial charge in [0.15, 0.2) is 0 Å². The molecule has 0 aromatic rings. The van der Waals surface area contributed by atoms with Gasteiger partial charge < -0.3 is 0 Å². The Morgan fingerprint density at radius 2 is 1.88 bits per heavy atom. The normalized spacial score (nSPS) is 10.5. The third-order valence-corrected chi connectivity index (χ3v) is 1.36. The zero-order chi connectivity index (χ0) is 6.41. The summed E-state index contributed by atoms with van der Waals surface area (Å²) in [6.45, 7) is 4.01. The second kappa shape index (κ2) is 5.06. The maximum atomic E-state index is 9.95. The quantitative estimate of drug-likeness (QED) is 0.549. The van der Waals surface area contributed by atoms with Crippen molar-refractivity contribution >= 4 is 0 Å². The van der Waals surface area contributed by atoms with Crippen LogP contribution in [0.15, 0.2) is 0 Å². The highest BCUT2D eigenvalue weighted by Crippen LogP contribution is 1.93. The molecule has 0 aliphatic rings. The van der Waals surface area contributed by atoms with Crippen molar-refractivity contribution in [2.24, 2.45) is 0 Å². The van der Waals surface area contributed by atoms with Gasteiger partial charge in [-0.2, -0.15) is 0 Å². The van der Waals surface area contributed by atoms with Crippen molar-refractivity contribution in [3.63, 3.8) is 0 Å². The molecular formula is C6H14NO. The molecule has 1 N–H and O–H groups in total. The Bertz CT molecular complexity index is 43.8. The first-order chi connectivity index (χ1) is 3.85. The van der Waals surface area contributed by atoms with E-state index in [9.17, 15) is 5.11 Å². The summed E-state index contributed by atoms with van der Waals surface area (Å²) in [6.07, 6.45) is 2.11. The van der Waals surface area contributed by atoms with Crippen LogP contribution in [-0.2, 0) is 5.11 Å². The van der Waals surface area contributed by atoms with Crippen LogP contribution in [0.5, 0.6) is 0 Å². The van der Waals surface area contributed by atoms with Gasteiger partial charge in [-0.1, -0.05) is 13.8 Å². The monoisotopic (exact) mass is 116 g/mol. The van der Waals surface area contributed by atoms with Gasteiger partial charge in [0, 0.05) is 6.04 Å². The zero-order valence-corrected chi connectivity index (χ0v) is 5.61. The highest BCUT2D eigenvalue weighted by molar-refractivity contribution is 4.57. The molecule has 0 saturated carbocycles. The molecular weight excluding hydrogens is 102 g/mol. The Kier molecular flexibility index (Phi) is 5.01. The van der Waals surface area contributed by atoms with E-state index in [0.29, 0.717) is 6.04 Å². The van der Waals surface area contributed by atoms with Gasteiger partial charge >= 0.3 is 0 Å². The minimum atomic E-state index is -0.146. The van der Waals surface area contributed by atoms with E-state index in [0.717, 1.165) is 12.8 Å². The van der Waals surface area contributed by atoms with Crippen LogP contribution in [0, 0.1) is 0 Å². The molecule has 0 fully saturated rings. The molecule has 8 heavy (non-hydrogen) atoms. The predicted octanol–water partition coefficient (Wildman–Crippen LogP) is 1.15. The van der Waals surface area contributed by atoms with E-state index in [1.807, 2.05) is 0 Å². The van der Waals surface area contributed by atoms with Crippen LogP contribution in [0.1, 0.15) is 26.7 Å². The summed E-state index contributed by atoms with van der Waals surface area (Å²) in [5.41, 5.74) is 0. The van der Waals surface area contributed by atoms with Crippen molar-refractivity contribution in [1.29, 1.82) is 0 Å². The molecule has 1 radical (unpaired) electrons. The Hall–Kier alpha value is -0.0800. The van der Waals surface area contributed by atoms with Gasteiger partial charge in [0.25, 0.3) is 0 Å². The molecule has 2 nitrogen and oxygen atoms in total. The summed E-state index contributed by atoms with van der Waals surface area (Å²) in [7, 11) is 0. The molecule has 0 rings (SSSR count). The molecule has 49 valence electrons. The highest BCUT2D eigenvalue weighted by atomic mass is 16.3. The highest BCUT2D eigenvalue weighted by Gasteiger charge is 1.98. The molecule has 0 heterocycles. The van der Waals surface area contributed by atoms with Gasteiger partial charge in [-0.05, 0) is 12.8 Å². The molecule has 0 saturated heterocycles. The van der Waals surface area contributed by atoms with Crippen LogP contribution in [0.3, 0.4) is 0 Å². The average Bonchev–Trinajstić information content (AvgIpc) is 1.83. The van der Waals surface area contributed by atoms with Crippen LogP contribution in [-0.4, -0.2) is 12.8 Å². The van der Waals surface area contributed by atoms with Gasteiger partial charge in [0.05, 0.1) is 0 Å². The first-order valence-corrected chi connectivity index (χ1v) is 3.16. The summed E-state index contributed by atoms with van der Waals surface area (Å²) in [6, 6.07) is 0.438. The van der Waals surface area contributed by atoms with Gasteiger partial charge in [0.2, 0.25) is 0 Å². The maximum Gasteiger partial charge on any atom is 0.133 e. The third kappa shape index (κ3) is 2.99.